The van der Waals surface area contributed by atoms with Gasteiger partial charge in [-0.3, -0.25) is 10.1 Å². The SMILES string of the molecule is O=C1NC(=S)NC1=Cc1ccccc1OCc1ccccc1F. The zero-order valence-electron chi connectivity index (χ0n) is 12.0. The molecule has 0 radical (unpaired) electrons. The van der Waals surface area contributed by atoms with Gasteiger partial charge in [-0.15, -0.1) is 0 Å². The predicted octanol–water partition coefficient (Wildman–Crippen LogP) is 2.75. The molecule has 1 aliphatic rings. The number of rotatable bonds is 4. The third kappa shape index (κ3) is 3.54. The molecule has 1 fully saturated rings. The van der Waals surface area contributed by atoms with Gasteiger partial charge in [0.05, 0.1) is 0 Å². The predicted molar refractivity (Wildman–Crippen MR) is 89.0 cm³/mol. The molecule has 4 nitrogen and oxygen atoms in total. The van der Waals surface area contributed by atoms with Gasteiger partial charge in [-0.1, -0.05) is 36.4 Å². The maximum absolute atomic E-state index is 13.6. The van der Waals surface area contributed by atoms with Crippen molar-refractivity contribution in [2.45, 2.75) is 6.61 Å². The number of thiocarbonyl (C=S) groups is 1. The van der Waals surface area contributed by atoms with E-state index in [2.05, 4.69) is 10.6 Å². The van der Waals surface area contributed by atoms with Crippen molar-refractivity contribution in [1.82, 2.24) is 10.6 Å². The summed E-state index contributed by atoms with van der Waals surface area (Å²) in [6.07, 6.45) is 1.64. The molecule has 1 aliphatic heterocycles. The highest BCUT2D eigenvalue weighted by Crippen LogP contribution is 2.22. The fraction of sp³-hybridized carbons (Fsp3) is 0.0588. The minimum atomic E-state index is -0.314. The molecule has 0 bridgehead atoms. The fourth-order valence-corrected chi connectivity index (χ4v) is 2.34. The van der Waals surface area contributed by atoms with Crippen LogP contribution in [-0.2, 0) is 11.4 Å². The summed E-state index contributed by atoms with van der Waals surface area (Å²) in [6, 6.07) is 13.6. The van der Waals surface area contributed by atoms with Crippen LogP contribution in [0.2, 0.25) is 0 Å². The lowest BCUT2D eigenvalue weighted by atomic mass is 10.1. The van der Waals surface area contributed by atoms with E-state index in [-0.39, 0.29) is 23.4 Å². The van der Waals surface area contributed by atoms with Crippen molar-refractivity contribution in [2.24, 2.45) is 0 Å². The summed E-state index contributed by atoms with van der Waals surface area (Å²) in [4.78, 5) is 11.7. The van der Waals surface area contributed by atoms with Gasteiger partial charge in [-0.2, -0.15) is 0 Å². The highest BCUT2D eigenvalue weighted by molar-refractivity contribution is 7.80. The molecule has 2 aromatic rings. The molecular weight excluding hydrogens is 315 g/mol. The Labute approximate surface area is 138 Å². The van der Waals surface area contributed by atoms with Crippen LogP contribution in [-0.4, -0.2) is 11.0 Å². The summed E-state index contributed by atoms with van der Waals surface area (Å²) in [5.41, 5.74) is 1.51. The smallest absolute Gasteiger partial charge is 0.273 e. The number of halogens is 1. The number of hydrogen-bond donors (Lipinski definition) is 2. The van der Waals surface area contributed by atoms with Crippen LogP contribution in [0.5, 0.6) is 5.75 Å². The third-order valence-corrected chi connectivity index (χ3v) is 3.48. The van der Waals surface area contributed by atoms with Crippen molar-refractivity contribution in [3.8, 4) is 5.75 Å². The van der Waals surface area contributed by atoms with E-state index in [1.165, 1.54) is 6.07 Å². The summed E-state index contributed by atoms with van der Waals surface area (Å²) in [7, 11) is 0. The largest absolute Gasteiger partial charge is 0.488 e. The van der Waals surface area contributed by atoms with Gasteiger partial charge in [0.15, 0.2) is 5.11 Å². The van der Waals surface area contributed by atoms with E-state index in [9.17, 15) is 9.18 Å². The number of nitrogens with one attached hydrogen (secondary N) is 2. The number of ether oxygens (including phenoxy) is 1. The van der Waals surface area contributed by atoms with Crippen LogP contribution in [0, 0.1) is 5.82 Å². The van der Waals surface area contributed by atoms with Crippen molar-refractivity contribution in [3.63, 3.8) is 0 Å². The Balaban J connectivity index is 1.81. The molecule has 0 unspecified atom stereocenters. The third-order valence-electron chi connectivity index (χ3n) is 3.28. The Morgan fingerprint density at radius 2 is 1.83 bits per heavy atom. The highest BCUT2D eigenvalue weighted by Gasteiger charge is 2.20. The Morgan fingerprint density at radius 1 is 1.09 bits per heavy atom. The maximum Gasteiger partial charge on any atom is 0.273 e. The van der Waals surface area contributed by atoms with E-state index in [1.807, 2.05) is 12.1 Å². The Hall–Kier alpha value is -2.73. The number of carbonyl (C=O) groups excluding carboxylic acids is 1. The van der Waals surface area contributed by atoms with Crippen LogP contribution < -0.4 is 15.4 Å². The van der Waals surface area contributed by atoms with Crippen LogP contribution in [0.4, 0.5) is 4.39 Å². The lowest BCUT2D eigenvalue weighted by Crippen LogP contribution is -2.21. The summed E-state index contributed by atoms with van der Waals surface area (Å²) in [5.74, 6) is -0.0555. The van der Waals surface area contributed by atoms with E-state index in [0.29, 0.717) is 22.6 Å². The second kappa shape index (κ2) is 6.58. The maximum atomic E-state index is 13.6. The quantitative estimate of drug-likeness (QED) is 0.669. The van der Waals surface area contributed by atoms with Crippen molar-refractivity contribution in [3.05, 3.63) is 71.2 Å². The first-order valence-corrected chi connectivity index (χ1v) is 7.33. The van der Waals surface area contributed by atoms with Crippen LogP contribution in [0.1, 0.15) is 11.1 Å². The van der Waals surface area contributed by atoms with Crippen LogP contribution >= 0.6 is 12.2 Å². The summed E-state index contributed by atoms with van der Waals surface area (Å²) < 4.78 is 19.3. The number of benzene rings is 2. The van der Waals surface area contributed by atoms with Gasteiger partial charge >= 0.3 is 0 Å². The molecule has 0 aliphatic carbocycles. The highest BCUT2D eigenvalue weighted by atomic mass is 32.1. The molecule has 2 aromatic carbocycles. The molecule has 2 N–H and O–H groups in total. The molecule has 0 atom stereocenters. The van der Waals surface area contributed by atoms with E-state index >= 15 is 0 Å². The lowest BCUT2D eigenvalue weighted by molar-refractivity contribution is -0.115. The minimum Gasteiger partial charge on any atom is -0.488 e. The topological polar surface area (TPSA) is 50.4 Å². The van der Waals surface area contributed by atoms with Crippen molar-refractivity contribution < 1.29 is 13.9 Å². The van der Waals surface area contributed by atoms with E-state index in [1.54, 1.807) is 36.4 Å². The minimum absolute atomic E-state index is 0.102. The molecule has 1 heterocycles. The molecule has 0 spiro atoms. The summed E-state index contributed by atoms with van der Waals surface area (Å²) in [5, 5.41) is 5.54. The second-order valence-corrected chi connectivity index (χ2v) is 5.29. The average molecular weight is 328 g/mol. The zero-order valence-corrected chi connectivity index (χ0v) is 12.8. The number of carbonyl (C=O) groups is 1. The average Bonchev–Trinajstić information content (AvgIpc) is 2.85. The van der Waals surface area contributed by atoms with E-state index in [0.717, 1.165) is 0 Å². The Morgan fingerprint density at radius 3 is 2.57 bits per heavy atom. The zero-order chi connectivity index (χ0) is 16.2. The first-order valence-electron chi connectivity index (χ1n) is 6.93. The molecule has 6 heteroatoms. The van der Waals surface area contributed by atoms with E-state index < -0.39 is 0 Å². The fourth-order valence-electron chi connectivity index (χ4n) is 2.14. The Kier molecular flexibility index (Phi) is 4.34. The van der Waals surface area contributed by atoms with Crippen molar-refractivity contribution in [2.75, 3.05) is 0 Å². The van der Waals surface area contributed by atoms with Gasteiger partial charge in [0.1, 0.15) is 23.9 Å². The molecule has 1 amide bonds. The lowest BCUT2D eigenvalue weighted by Gasteiger charge is -2.10. The standard InChI is InChI=1S/C17H13FN2O2S/c18-13-7-3-1-6-12(13)10-22-15-8-4-2-5-11(15)9-14-16(21)20-17(23)19-14/h1-9H,10H2,(H2,19,20,21,23). The molecule has 1 saturated heterocycles. The van der Waals surface area contributed by atoms with Crippen LogP contribution in [0.15, 0.2) is 54.2 Å². The van der Waals surface area contributed by atoms with Gasteiger partial charge in [0.25, 0.3) is 5.91 Å². The van der Waals surface area contributed by atoms with Crippen LogP contribution in [0.25, 0.3) is 6.08 Å². The molecule has 116 valence electrons. The van der Waals surface area contributed by atoms with Gasteiger partial charge in [0, 0.05) is 11.1 Å². The van der Waals surface area contributed by atoms with E-state index in [4.69, 9.17) is 17.0 Å². The molecule has 23 heavy (non-hydrogen) atoms. The van der Waals surface area contributed by atoms with Crippen molar-refractivity contribution in [1.29, 1.82) is 0 Å². The molecule has 0 saturated carbocycles. The van der Waals surface area contributed by atoms with Gasteiger partial charge in [-0.25, -0.2) is 4.39 Å². The number of hydrogen-bond acceptors (Lipinski definition) is 3. The molecular formula is C17H13FN2O2S. The van der Waals surface area contributed by atoms with Gasteiger partial charge < -0.3 is 10.1 Å². The molecule has 3 rings (SSSR count). The second-order valence-electron chi connectivity index (χ2n) is 4.88. The monoisotopic (exact) mass is 328 g/mol. The summed E-state index contributed by atoms with van der Waals surface area (Å²) in [6.45, 7) is 0.102. The van der Waals surface area contributed by atoms with Gasteiger partial charge in [-0.05, 0) is 30.4 Å². The Bertz CT molecular complexity index is 805. The number of para-hydroxylation sites is 1. The first kappa shape index (κ1) is 15.2. The molecule has 0 aromatic heterocycles. The summed E-state index contributed by atoms with van der Waals surface area (Å²) >= 11 is 4.89. The number of amides is 1. The normalized spacial score (nSPS) is 15.4. The van der Waals surface area contributed by atoms with Crippen molar-refractivity contribution >= 4 is 29.3 Å². The first-order chi connectivity index (χ1) is 11.1. The van der Waals surface area contributed by atoms with Crippen LogP contribution in [0.3, 0.4) is 0 Å². The van der Waals surface area contributed by atoms with Gasteiger partial charge in [0.2, 0.25) is 0 Å².